The van der Waals surface area contributed by atoms with Crippen LogP contribution >= 0.6 is 0 Å². The number of aryl methyl sites for hydroxylation is 3. The Bertz CT molecular complexity index is 1260. The Hall–Kier alpha value is -3.86. The van der Waals surface area contributed by atoms with Crippen LogP contribution in [-0.4, -0.2) is 28.3 Å². The number of ether oxygens (including phenoxy) is 1. The van der Waals surface area contributed by atoms with E-state index in [0.717, 1.165) is 27.8 Å². The number of hydrogen-bond donors (Lipinski definition) is 1. The minimum Gasteiger partial charge on any atom is -0.507 e. The summed E-state index contributed by atoms with van der Waals surface area (Å²) in [5.74, 6) is -0.757. The lowest BCUT2D eigenvalue weighted by atomic mass is 9.94. The Balaban J connectivity index is 1.83. The molecular formula is C29H29NO4. The molecule has 0 bridgehead atoms. The average Bonchev–Trinajstić information content (AvgIpc) is 3.07. The molecule has 1 aliphatic heterocycles. The van der Waals surface area contributed by atoms with Crippen LogP contribution in [0.25, 0.3) is 5.76 Å². The Kier molecular flexibility index (Phi) is 6.55. The molecule has 1 atom stereocenters. The first-order chi connectivity index (χ1) is 16.3. The molecule has 1 N–H and O–H groups in total. The van der Waals surface area contributed by atoms with Crippen LogP contribution in [0.1, 0.15) is 46.3 Å². The van der Waals surface area contributed by atoms with Gasteiger partial charge in [0.05, 0.1) is 18.2 Å². The second-order valence-corrected chi connectivity index (χ2v) is 8.74. The monoisotopic (exact) mass is 455 g/mol. The highest BCUT2D eigenvalue weighted by molar-refractivity contribution is 6.46. The Labute approximate surface area is 200 Å². The first kappa shape index (κ1) is 23.3. The van der Waals surface area contributed by atoms with Gasteiger partial charge in [-0.25, -0.2) is 0 Å². The molecule has 0 radical (unpaired) electrons. The number of rotatable bonds is 6. The first-order valence-electron chi connectivity index (χ1n) is 11.4. The van der Waals surface area contributed by atoms with Crippen molar-refractivity contribution in [3.05, 3.63) is 106 Å². The van der Waals surface area contributed by atoms with Crippen molar-refractivity contribution in [2.24, 2.45) is 0 Å². The Morgan fingerprint density at radius 1 is 0.912 bits per heavy atom. The SMILES string of the molecule is CCOc1ccc(C(O)=C2C(=O)C(=O)N(Cc3ccc(C)cc3)[C@@H]2c2ccc(C)cc2)cc1C. The normalized spacial score (nSPS) is 17.3. The molecule has 1 amide bonds. The van der Waals surface area contributed by atoms with Crippen LogP contribution in [0.15, 0.2) is 72.3 Å². The van der Waals surface area contributed by atoms with Crippen LogP contribution in [0.4, 0.5) is 0 Å². The minimum atomic E-state index is -0.686. The van der Waals surface area contributed by atoms with E-state index in [0.29, 0.717) is 17.9 Å². The van der Waals surface area contributed by atoms with Crippen molar-refractivity contribution in [2.45, 2.75) is 40.3 Å². The summed E-state index contributed by atoms with van der Waals surface area (Å²) in [4.78, 5) is 28.0. The highest BCUT2D eigenvalue weighted by Gasteiger charge is 2.46. The molecule has 0 spiro atoms. The number of carbonyl (C=O) groups excluding carboxylic acids is 2. The van der Waals surface area contributed by atoms with E-state index in [9.17, 15) is 14.7 Å². The van der Waals surface area contributed by atoms with E-state index in [4.69, 9.17) is 4.74 Å². The number of Topliss-reactive ketones (excluding diaryl/α,β-unsaturated/α-hetero) is 1. The van der Waals surface area contributed by atoms with Crippen molar-refractivity contribution in [3.63, 3.8) is 0 Å². The fraction of sp³-hybridized carbons (Fsp3) is 0.241. The molecule has 0 aliphatic carbocycles. The van der Waals surface area contributed by atoms with E-state index >= 15 is 0 Å². The zero-order valence-corrected chi connectivity index (χ0v) is 20.0. The lowest BCUT2D eigenvalue weighted by Gasteiger charge is -2.25. The van der Waals surface area contributed by atoms with Crippen LogP contribution in [0.5, 0.6) is 5.75 Å². The maximum Gasteiger partial charge on any atom is 0.295 e. The second-order valence-electron chi connectivity index (χ2n) is 8.74. The number of hydrogen-bond acceptors (Lipinski definition) is 4. The topological polar surface area (TPSA) is 66.8 Å². The molecule has 4 rings (SSSR count). The summed E-state index contributed by atoms with van der Waals surface area (Å²) < 4.78 is 5.60. The van der Waals surface area contributed by atoms with Crippen LogP contribution in [0.2, 0.25) is 0 Å². The van der Waals surface area contributed by atoms with E-state index in [1.807, 2.05) is 76.2 Å². The van der Waals surface area contributed by atoms with Crippen LogP contribution in [0.3, 0.4) is 0 Å². The molecule has 3 aromatic rings. The van der Waals surface area contributed by atoms with Gasteiger partial charge in [0.15, 0.2) is 0 Å². The lowest BCUT2D eigenvalue weighted by molar-refractivity contribution is -0.140. The Morgan fingerprint density at radius 3 is 2.12 bits per heavy atom. The van der Waals surface area contributed by atoms with E-state index < -0.39 is 17.7 Å². The molecule has 1 saturated heterocycles. The van der Waals surface area contributed by atoms with Gasteiger partial charge in [0.1, 0.15) is 11.5 Å². The summed E-state index contributed by atoms with van der Waals surface area (Å²) in [6.07, 6.45) is 0. The van der Waals surface area contributed by atoms with Crippen molar-refractivity contribution in [1.82, 2.24) is 4.90 Å². The predicted octanol–water partition coefficient (Wildman–Crippen LogP) is 5.63. The summed E-state index contributed by atoms with van der Waals surface area (Å²) >= 11 is 0. The average molecular weight is 456 g/mol. The quantitative estimate of drug-likeness (QED) is 0.297. The molecule has 1 fully saturated rings. The number of aliphatic hydroxyl groups excluding tert-OH is 1. The summed E-state index contributed by atoms with van der Waals surface area (Å²) in [6.45, 7) is 8.57. The van der Waals surface area contributed by atoms with E-state index in [2.05, 4.69) is 0 Å². The Morgan fingerprint density at radius 2 is 1.53 bits per heavy atom. The van der Waals surface area contributed by atoms with E-state index in [1.165, 1.54) is 0 Å². The third-order valence-corrected chi connectivity index (χ3v) is 6.15. The fourth-order valence-electron chi connectivity index (χ4n) is 4.30. The number of ketones is 1. The number of nitrogens with zero attached hydrogens (tertiary/aromatic N) is 1. The van der Waals surface area contributed by atoms with Crippen molar-refractivity contribution in [1.29, 1.82) is 0 Å². The highest BCUT2D eigenvalue weighted by atomic mass is 16.5. The first-order valence-corrected chi connectivity index (χ1v) is 11.4. The molecule has 0 saturated carbocycles. The van der Waals surface area contributed by atoms with E-state index in [-0.39, 0.29) is 17.9 Å². The highest BCUT2D eigenvalue weighted by Crippen LogP contribution is 2.40. The van der Waals surface area contributed by atoms with Gasteiger partial charge in [-0.2, -0.15) is 0 Å². The standard InChI is InChI=1S/C29H29NO4/c1-5-34-24-15-14-23(16-20(24)4)27(31)25-26(22-12-8-19(3)9-13-22)30(29(33)28(25)32)17-21-10-6-18(2)7-11-21/h6-16,26,31H,5,17H2,1-4H3/t26-/m1/s1. The summed E-state index contributed by atoms with van der Waals surface area (Å²) in [5.41, 5.74) is 5.30. The van der Waals surface area contributed by atoms with E-state index in [1.54, 1.807) is 23.1 Å². The van der Waals surface area contributed by atoms with Crippen molar-refractivity contribution in [2.75, 3.05) is 6.61 Å². The molecule has 5 nitrogen and oxygen atoms in total. The molecule has 174 valence electrons. The van der Waals surface area contributed by atoms with Crippen LogP contribution < -0.4 is 4.74 Å². The van der Waals surface area contributed by atoms with Gasteiger partial charge in [0, 0.05) is 12.1 Å². The molecule has 34 heavy (non-hydrogen) atoms. The number of likely N-dealkylation sites (tertiary alicyclic amines) is 1. The lowest BCUT2D eigenvalue weighted by Crippen LogP contribution is -2.29. The van der Waals surface area contributed by atoms with Crippen LogP contribution in [-0.2, 0) is 16.1 Å². The second kappa shape index (κ2) is 9.56. The molecule has 0 aromatic heterocycles. The van der Waals surface area contributed by atoms with Gasteiger partial charge < -0.3 is 14.7 Å². The smallest absolute Gasteiger partial charge is 0.295 e. The van der Waals surface area contributed by atoms with Crippen molar-refractivity contribution in [3.8, 4) is 5.75 Å². The number of aliphatic hydroxyl groups is 1. The largest absolute Gasteiger partial charge is 0.507 e. The van der Waals surface area contributed by atoms with Crippen LogP contribution in [0, 0.1) is 20.8 Å². The van der Waals surface area contributed by atoms with Gasteiger partial charge in [0.2, 0.25) is 0 Å². The molecule has 3 aromatic carbocycles. The van der Waals surface area contributed by atoms with Crippen molar-refractivity contribution >= 4 is 17.4 Å². The molecule has 0 unspecified atom stereocenters. The molecule has 1 heterocycles. The third kappa shape index (κ3) is 4.46. The molecular weight excluding hydrogens is 426 g/mol. The fourth-order valence-corrected chi connectivity index (χ4v) is 4.30. The molecule has 1 aliphatic rings. The zero-order valence-electron chi connectivity index (χ0n) is 20.0. The van der Waals surface area contributed by atoms with Gasteiger partial charge in [-0.05, 0) is 62.6 Å². The minimum absolute atomic E-state index is 0.101. The summed E-state index contributed by atoms with van der Waals surface area (Å²) in [6, 6.07) is 20.2. The number of amides is 1. The van der Waals surface area contributed by atoms with Gasteiger partial charge in [-0.1, -0.05) is 59.7 Å². The zero-order chi connectivity index (χ0) is 24.4. The maximum absolute atomic E-state index is 13.2. The van der Waals surface area contributed by atoms with Crippen molar-refractivity contribution < 1.29 is 19.4 Å². The van der Waals surface area contributed by atoms with Gasteiger partial charge in [0.25, 0.3) is 11.7 Å². The number of carbonyl (C=O) groups is 2. The predicted molar refractivity (Wildman–Crippen MR) is 133 cm³/mol. The van der Waals surface area contributed by atoms with Gasteiger partial charge >= 0.3 is 0 Å². The van der Waals surface area contributed by atoms with Gasteiger partial charge in [-0.15, -0.1) is 0 Å². The molecule has 5 heteroatoms. The third-order valence-electron chi connectivity index (χ3n) is 6.15. The summed E-state index contributed by atoms with van der Waals surface area (Å²) in [5, 5.41) is 11.3. The number of benzene rings is 3. The van der Waals surface area contributed by atoms with Gasteiger partial charge in [-0.3, -0.25) is 9.59 Å². The summed E-state index contributed by atoms with van der Waals surface area (Å²) in [7, 11) is 0. The maximum atomic E-state index is 13.2.